The van der Waals surface area contributed by atoms with Gasteiger partial charge in [0.05, 0.1) is 12.2 Å². The van der Waals surface area contributed by atoms with Crippen molar-refractivity contribution in [3.63, 3.8) is 0 Å². The Labute approximate surface area is 175 Å². The van der Waals surface area contributed by atoms with E-state index in [-0.39, 0.29) is 47.2 Å². The Kier molecular flexibility index (Phi) is 6.57. The quantitative estimate of drug-likeness (QED) is 0.253. The summed E-state index contributed by atoms with van der Waals surface area (Å²) in [6.45, 7) is 2.26. The summed E-state index contributed by atoms with van der Waals surface area (Å²) in [6.07, 6.45) is 6.79. The van der Waals surface area contributed by atoms with Gasteiger partial charge in [-0.2, -0.15) is 0 Å². The van der Waals surface area contributed by atoms with Crippen LogP contribution in [-0.4, -0.2) is 17.3 Å². The predicted octanol–water partition coefficient (Wildman–Crippen LogP) is -0.458. The molecule has 25 heavy (non-hydrogen) atoms. The average Bonchev–Trinajstić information content (AvgIpc) is 2.90. The third-order valence-electron chi connectivity index (χ3n) is 6.53. The molecule has 1 aromatic rings. The number of aliphatic hydroxyl groups excluding tert-OH is 1. The van der Waals surface area contributed by atoms with Crippen LogP contribution in [0.3, 0.4) is 0 Å². The van der Waals surface area contributed by atoms with Crippen LogP contribution in [-0.2, 0) is 32.8 Å². The molecule has 5 nitrogen and oxygen atoms in total. The van der Waals surface area contributed by atoms with Crippen LogP contribution in [0.25, 0.3) is 0 Å². The molecule has 1 fully saturated rings. The molecule has 0 spiro atoms. The summed E-state index contributed by atoms with van der Waals surface area (Å²) in [5.41, 5.74) is 5.87. The van der Waals surface area contributed by atoms with Gasteiger partial charge in [-0.05, 0) is 66.7 Å². The molecule has 0 saturated heterocycles. The van der Waals surface area contributed by atoms with Crippen molar-refractivity contribution in [3.05, 3.63) is 34.4 Å². The maximum atomic E-state index is 10.4. The van der Waals surface area contributed by atoms with E-state index in [4.69, 9.17) is 4.18 Å². The molecule has 4 rings (SSSR count). The molecule has 0 amide bonds. The van der Waals surface area contributed by atoms with Crippen molar-refractivity contribution in [2.24, 2.45) is 5.41 Å². The first-order chi connectivity index (χ1) is 11.6. The number of hydrogen-bond donors (Lipinski definition) is 1. The summed E-state index contributed by atoms with van der Waals surface area (Å²) in [5, 5.41) is 23.6. The summed E-state index contributed by atoms with van der Waals surface area (Å²) in [7, 11) is 0. The smallest absolute Gasteiger partial charge is 0.691 e. The van der Waals surface area contributed by atoms with Gasteiger partial charge < -0.3 is 10.4 Å². The summed E-state index contributed by atoms with van der Waals surface area (Å²) in [5.74, 6) is 0.494. The number of rotatable bonds is 4. The van der Waals surface area contributed by atoms with Crippen molar-refractivity contribution in [3.8, 4) is 0 Å². The average molecular weight is 374 g/mol. The molecule has 3 aliphatic carbocycles. The van der Waals surface area contributed by atoms with Gasteiger partial charge in [-0.25, -0.2) is 0 Å². The molecule has 1 saturated carbocycles. The molecule has 4 atom stereocenters. The van der Waals surface area contributed by atoms with Crippen LogP contribution in [0.5, 0.6) is 0 Å². The van der Waals surface area contributed by atoms with Crippen molar-refractivity contribution >= 4 is 12.3 Å². The van der Waals surface area contributed by atoms with E-state index in [0.717, 1.165) is 44.9 Å². The Balaban J connectivity index is 0.00000182. The SMILES string of the molecule is CC12CCc3c(ccc4c3CC[C@H](OSOO[O-])C4)C1CC[C@@H]2O.[Na+]. The van der Waals surface area contributed by atoms with Gasteiger partial charge in [-0.1, -0.05) is 19.1 Å². The first-order valence-electron chi connectivity index (χ1n) is 8.73. The molecule has 0 aliphatic heterocycles. The van der Waals surface area contributed by atoms with E-state index in [1.54, 1.807) is 0 Å². The topological polar surface area (TPSA) is 71.0 Å². The molecule has 1 aromatic carbocycles. The normalized spacial score (nSPS) is 33.2. The van der Waals surface area contributed by atoms with Gasteiger partial charge in [0.2, 0.25) is 0 Å². The summed E-state index contributed by atoms with van der Waals surface area (Å²) in [6, 6.07) is 4.51. The zero-order chi connectivity index (χ0) is 16.7. The number of hydrogen-bond acceptors (Lipinski definition) is 6. The molecule has 132 valence electrons. The maximum Gasteiger partial charge on any atom is 1.00 e. The Morgan fingerprint density at radius 3 is 2.84 bits per heavy atom. The van der Waals surface area contributed by atoms with Crippen LogP contribution < -0.4 is 34.8 Å². The molecular formula is C18H23NaO5S. The van der Waals surface area contributed by atoms with Crippen LogP contribution in [0.2, 0.25) is 0 Å². The van der Waals surface area contributed by atoms with E-state index in [1.165, 1.54) is 22.3 Å². The van der Waals surface area contributed by atoms with Crippen LogP contribution in [0.4, 0.5) is 0 Å². The van der Waals surface area contributed by atoms with E-state index in [1.807, 2.05) is 0 Å². The van der Waals surface area contributed by atoms with E-state index in [2.05, 4.69) is 28.4 Å². The minimum absolute atomic E-state index is 0. The van der Waals surface area contributed by atoms with E-state index < -0.39 is 0 Å². The Bertz CT molecular complexity index is 628. The Morgan fingerprint density at radius 1 is 1.20 bits per heavy atom. The van der Waals surface area contributed by atoms with Gasteiger partial charge in [0.1, 0.15) is 0 Å². The molecule has 2 unspecified atom stereocenters. The first kappa shape index (κ1) is 20.1. The van der Waals surface area contributed by atoms with Crippen LogP contribution in [0, 0.1) is 5.41 Å². The Hall–Kier alpha value is 0.370. The predicted molar refractivity (Wildman–Crippen MR) is 87.5 cm³/mol. The second kappa shape index (κ2) is 8.17. The molecule has 3 aliphatic rings. The van der Waals surface area contributed by atoms with Crippen LogP contribution in [0.15, 0.2) is 12.1 Å². The third kappa shape index (κ3) is 3.58. The molecule has 1 N–H and O–H groups in total. The van der Waals surface area contributed by atoms with Crippen LogP contribution in [0.1, 0.15) is 60.8 Å². The maximum absolute atomic E-state index is 10.4. The van der Waals surface area contributed by atoms with Crippen molar-refractivity contribution in [1.29, 1.82) is 0 Å². The number of benzene rings is 1. The third-order valence-corrected chi connectivity index (χ3v) is 7.00. The minimum atomic E-state index is -0.162. The van der Waals surface area contributed by atoms with Crippen molar-refractivity contribution < 1.29 is 53.5 Å². The molecule has 0 heterocycles. The van der Waals surface area contributed by atoms with Gasteiger partial charge in [-0.3, -0.25) is 9.22 Å². The summed E-state index contributed by atoms with van der Waals surface area (Å²) < 4.78 is 9.66. The first-order valence-corrected chi connectivity index (χ1v) is 9.40. The fraction of sp³-hybridized carbons (Fsp3) is 0.667. The Morgan fingerprint density at radius 2 is 2.04 bits per heavy atom. The zero-order valence-electron chi connectivity index (χ0n) is 14.8. The number of fused-ring (bicyclic) bond motifs is 5. The number of aliphatic hydroxyl groups is 1. The fourth-order valence-corrected chi connectivity index (χ4v) is 5.49. The minimum Gasteiger partial charge on any atom is -0.691 e. The van der Waals surface area contributed by atoms with Gasteiger partial charge in [0.15, 0.2) is 12.3 Å². The van der Waals surface area contributed by atoms with E-state index >= 15 is 0 Å². The molecule has 7 heteroatoms. The molecule has 0 radical (unpaired) electrons. The van der Waals surface area contributed by atoms with Gasteiger partial charge in [0.25, 0.3) is 0 Å². The van der Waals surface area contributed by atoms with E-state index in [0.29, 0.717) is 18.2 Å². The van der Waals surface area contributed by atoms with Crippen molar-refractivity contribution in [2.75, 3.05) is 0 Å². The van der Waals surface area contributed by atoms with Gasteiger partial charge in [-0.15, -0.1) is 4.33 Å². The van der Waals surface area contributed by atoms with Gasteiger partial charge in [0, 0.05) is 11.8 Å². The second-order valence-electron chi connectivity index (χ2n) is 7.59. The monoisotopic (exact) mass is 374 g/mol. The summed E-state index contributed by atoms with van der Waals surface area (Å²) in [4.78, 5) is 0. The van der Waals surface area contributed by atoms with E-state index in [9.17, 15) is 10.4 Å². The van der Waals surface area contributed by atoms with Crippen molar-refractivity contribution in [1.82, 2.24) is 0 Å². The molecule has 0 aromatic heterocycles. The zero-order valence-corrected chi connectivity index (χ0v) is 17.6. The van der Waals surface area contributed by atoms with Crippen LogP contribution >= 0.6 is 12.3 Å². The molecule has 0 bridgehead atoms. The standard InChI is InChI=1S/C18H24O5S.Na/c1-18-9-8-14-13-5-3-12(21-24-23-22-20)10-11(13)2-4-15(14)16(18)6-7-17(18)19;/h2,4,12,16-17,19-20H,3,5-10H2,1H3;/q;+1/p-1/t12-,16?,17-,18?;/m0./s1. The molecular weight excluding hydrogens is 351 g/mol. The largest absolute Gasteiger partial charge is 1.00 e. The van der Waals surface area contributed by atoms with Crippen molar-refractivity contribution in [2.45, 2.75) is 70.0 Å². The second-order valence-corrected chi connectivity index (χ2v) is 8.05. The summed E-state index contributed by atoms with van der Waals surface area (Å²) >= 11 is 0.613. The van der Waals surface area contributed by atoms with Gasteiger partial charge >= 0.3 is 29.6 Å². The fourth-order valence-electron chi connectivity index (χ4n) is 5.16.